The number of rotatable bonds is 13. The van der Waals surface area contributed by atoms with E-state index in [4.69, 9.17) is 5.73 Å². The lowest BCUT2D eigenvalue weighted by molar-refractivity contribution is -0.141. The number of carboxylic acids is 1. The normalized spacial score (nSPS) is 15.0. The molecule has 9 heteroatoms. The van der Waals surface area contributed by atoms with Crippen LogP contribution in [0.5, 0.6) is 0 Å². The molecule has 2 aromatic rings. The molecule has 194 valence electrons. The predicted molar refractivity (Wildman–Crippen MR) is 137 cm³/mol. The number of amides is 3. The average molecular weight is 497 g/mol. The minimum Gasteiger partial charge on any atom is -0.480 e. The van der Waals surface area contributed by atoms with Crippen molar-refractivity contribution in [2.45, 2.75) is 64.2 Å². The summed E-state index contributed by atoms with van der Waals surface area (Å²) in [6.45, 7) is 5.06. The van der Waals surface area contributed by atoms with Crippen molar-refractivity contribution in [3.63, 3.8) is 0 Å². The topological polar surface area (TPSA) is 151 Å². The van der Waals surface area contributed by atoms with Crippen molar-refractivity contribution >= 4 is 23.7 Å². The van der Waals surface area contributed by atoms with Gasteiger partial charge in [0.1, 0.15) is 18.1 Å². The molecule has 0 saturated heterocycles. The highest BCUT2D eigenvalue weighted by Crippen LogP contribution is 2.11. The zero-order valence-electron chi connectivity index (χ0n) is 20.9. The maximum absolute atomic E-state index is 13.3. The fourth-order valence-electron chi connectivity index (χ4n) is 3.62. The molecule has 9 nitrogen and oxygen atoms in total. The van der Waals surface area contributed by atoms with Crippen LogP contribution in [0, 0.1) is 5.92 Å². The van der Waals surface area contributed by atoms with Crippen molar-refractivity contribution in [3.8, 4) is 0 Å². The van der Waals surface area contributed by atoms with Gasteiger partial charge < -0.3 is 26.8 Å². The Kier molecular flexibility index (Phi) is 11.1. The summed E-state index contributed by atoms with van der Waals surface area (Å²) in [5.74, 6) is -3.06. The first-order valence-electron chi connectivity index (χ1n) is 12.1. The third kappa shape index (κ3) is 8.81. The van der Waals surface area contributed by atoms with E-state index in [0.717, 1.165) is 11.1 Å². The fraction of sp³-hybridized carbons (Fsp3) is 0.407. The molecule has 0 aliphatic rings. The number of nitrogens with one attached hydrogen (secondary N) is 3. The van der Waals surface area contributed by atoms with Gasteiger partial charge in [-0.05, 0) is 30.4 Å². The highest BCUT2D eigenvalue weighted by molar-refractivity contribution is 5.94. The first-order valence-corrected chi connectivity index (χ1v) is 12.1. The van der Waals surface area contributed by atoms with E-state index in [9.17, 15) is 24.3 Å². The number of hydrogen-bond acceptors (Lipinski definition) is 5. The van der Waals surface area contributed by atoms with Gasteiger partial charge in [-0.1, -0.05) is 80.9 Å². The molecule has 0 aliphatic carbocycles. The summed E-state index contributed by atoms with van der Waals surface area (Å²) in [7, 11) is 0. The second-order valence-corrected chi connectivity index (χ2v) is 8.99. The van der Waals surface area contributed by atoms with Gasteiger partial charge in [0.05, 0.1) is 6.04 Å². The van der Waals surface area contributed by atoms with Crippen LogP contribution in [0.15, 0.2) is 60.7 Å². The van der Waals surface area contributed by atoms with Crippen molar-refractivity contribution in [1.29, 1.82) is 0 Å². The molecular weight excluding hydrogens is 460 g/mol. The van der Waals surface area contributed by atoms with Gasteiger partial charge in [0, 0.05) is 6.42 Å². The Labute approximate surface area is 211 Å². The van der Waals surface area contributed by atoms with E-state index in [1.807, 2.05) is 74.5 Å². The Morgan fingerprint density at radius 1 is 0.778 bits per heavy atom. The molecule has 2 aromatic carbocycles. The molecule has 0 aliphatic heterocycles. The van der Waals surface area contributed by atoms with Crippen molar-refractivity contribution < 1.29 is 24.3 Å². The highest BCUT2D eigenvalue weighted by Gasteiger charge is 2.32. The van der Waals surface area contributed by atoms with Gasteiger partial charge in [-0.2, -0.15) is 0 Å². The molecule has 0 spiro atoms. The summed E-state index contributed by atoms with van der Waals surface area (Å²) in [4.78, 5) is 50.3. The van der Waals surface area contributed by atoms with Gasteiger partial charge in [0.15, 0.2) is 0 Å². The maximum atomic E-state index is 13.3. The zero-order chi connectivity index (χ0) is 26.7. The summed E-state index contributed by atoms with van der Waals surface area (Å²) in [6.07, 6.45) is 1.06. The molecule has 0 bridgehead atoms. The number of nitrogens with two attached hydrogens (primary N) is 1. The molecule has 6 N–H and O–H groups in total. The summed E-state index contributed by atoms with van der Waals surface area (Å²) in [6, 6.07) is 14.5. The second kappa shape index (κ2) is 14.0. The third-order valence-electron chi connectivity index (χ3n) is 6.07. The summed E-state index contributed by atoms with van der Waals surface area (Å²) in [5.41, 5.74) is 7.80. The molecule has 2 rings (SSSR count). The van der Waals surface area contributed by atoms with E-state index in [0.29, 0.717) is 12.8 Å². The second-order valence-electron chi connectivity index (χ2n) is 8.99. The van der Waals surface area contributed by atoms with Crippen molar-refractivity contribution in [1.82, 2.24) is 16.0 Å². The summed E-state index contributed by atoms with van der Waals surface area (Å²) in [5, 5.41) is 17.1. The van der Waals surface area contributed by atoms with Crippen LogP contribution < -0.4 is 21.7 Å². The molecule has 5 atom stereocenters. The molecule has 5 unspecified atom stereocenters. The van der Waals surface area contributed by atoms with Gasteiger partial charge in [0.25, 0.3) is 0 Å². The SMILES string of the molecule is CCC(C)C(NC(=O)C(N)Cc1ccccc1)C(=O)NC(Cc1ccccc1)C(=O)NC(C)C(=O)O. The largest absolute Gasteiger partial charge is 0.480 e. The first kappa shape index (κ1) is 28.5. The van der Waals surface area contributed by atoms with Gasteiger partial charge in [-0.3, -0.25) is 19.2 Å². The van der Waals surface area contributed by atoms with E-state index in [2.05, 4.69) is 16.0 Å². The molecule has 0 heterocycles. The van der Waals surface area contributed by atoms with Crippen LogP contribution in [-0.4, -0.2) is 53.0 Å². The Morgan fingerprint density at radius 3 is 1.81 bits per heavy atom. The molecule has 3 amide bonds. The smallest absolute Gasteiger partial charge is 0.325 e. The lowest BCUT2D eigenvalue weighted by atomic mass is 9.96. The van der Waals surface area contributed by atoms with Crippen molar-refractivity contribution in [2.24, 2.45) is 11.7 Å². The fourth-order valence-corrected chi connectivity index (χ4v) is 3.62. The number of hydrogen-bond donors (Lipinski definition) is 5. The Hall–Kier alpha value is -3.72. The number of aliphatic carboxylic acids is 1. The lowest BCUT2D eigenvalue weighted by Gasteiger charge is -2.28. The van der Waals surface area contributed by atoms with Crippen LogP contribution in [0.25, 0.3) is 0 Å². The van der Waals surface area contributed by atoms with E-state index in [1.54, 1.807) is 0 Å². The molecule has 36 heavy (non-hydrogen) atoms. The third-order valence-corrected chi connectivity index (χ3v) is 6.07. The van der Waals surface area contributed by atoms with Crippen molar-refractivity contribution in [2.75, 3.05) is 0 Å². The minimum atomic E-state index is -1.19. The number of carboxylic acid groups (broad SMARTS) is 1. The minimum absolute atomic E-state index is 0.152. The summed E-state index contributed by atoms with van der Waals surface area (Å²) >= 11 is 0. The molecule has 0 radical (unpaired) electrons. The van der Waals surface area contributed by atoms with Gasteiger partial charge >= 0.3 is 5.97 Å². The zero-order valence-corrected chi connectivity index (χ0v) is 20.9. The maximum Gasteiger partial charge on any atom is 0.325 e. The quantitative estimate of drug-likeness (QED) is 0.283. The monoisotopic (exact) mass is 496 g/mol. The van der Waals surface area contributed by atoms with Crippen LogP contribution in [0.2, 0.25) is 0 Å². The molecule has 0 fully saturated rings. The Morgan fingerprint density at radius 2 is 1.31 bits per heavy atom. The van der Waals surface area contributed by atoms with E-state index in [1.165, 1.54) is 6.92 Å². The standard InChI is InChI=1S/C27H36N4O5/c1-4-17(2)23(31-24(32)21(28)15-19-11-7-5-8-12-19)26(34)30-22(16-20-13-9-6-10-14-20)25(33)29-18(3)27(35)36/h5-14,17-18,21-23H,4,15-16,28H2,1-3H3,(H,29,33)(H,30,34)(H,31,32)(H,35,36). The number of carbonyl (C=O) groups excluding carboxylic acids is 3. The predicted octanol–water partition coefficient (Wildman–Crippen LogP) is 1.40. The van der Waals surface area contributed by atoms with Crippen LogP contribution in [0.4, 0.5) is 0 Å². The Bertz CT molecular complexity index is 1020. The Balaban J connectivity index is 2.17. The average Bonchev–Trinajstić information content (AvgIpc) is 2.87. The van der Waals surface area contributed by atoms with Crippen molar-refractivity contribution in [3.05, 3.63) is 71.8 Å². The van der Waals surface area contributed by atoms with Crippen LogP contribution >= 0.6 is 0 Å². The number of benzene rings is 2. The highest BCUT2D eigenvalue weighted by atomic mass is 16.4. The summed E-state index contributed by atoms with van der Waals surface area (Å²) < 4.78 is 0. The molecular formula is C27H36N4O5. The number of carbonyl (C=O) groups is 4. The van der Waals surface area contributed by atoms with Crippen LogP contribution in [0.3, 0.4) is 0 Å². The van der Waals surface area contributed by atoms with E-state index >= 15 is 0 Å². The van der Waals surface area contributed by atoms with E-state index < -0.39 is 47.9 Å². The molecule has 0 aromatic heterocycles. The van der Waals surface area contributed by atoms with E-state index in [-0.39, 0.29) is 12.3 Å². The van der Waals surface area contributed by atoms with Crippen LogP contribution in [0.1, 0.15) is 38.3 Å². The lowest BCUT2D eigenvalue weighted by Crippen LogP contribution is -2.59. The van der Waals surface area contributed by atoms with Gasteiger partial charge in [0.2, 0.25) is 17.7 Å². The first-order chi connectivity index (χ1) is 17.1. The van der Waals surface area contributed by atoms with Gasteiger partial charge in [-0.15, -0.1) is 0 Å². The van der Waals surface area contributed by atoms with Crippen LogP contribution in [-0.2, 0) is 32.0 Å². The molecule has 0 saturated carbocycles. The van der Waals surface area contributed by atoms with Gasteiger partial charge in [-0.25, -0.2) is 0 Å².